The van der Waals surface area contributed by atoms with Crippen molar-refractivity contribution < 1.29 is 9.53 Å². The van der Waals surface area contributed by atoms with Gasteiger partial charge in [-0.15, -0.1) is 0 Å². The normalized spacial score (nSPS) is 17.4. The summed E-state index contributed by atoms with van der Waals surface area (Å²) in [6, 6.07) is 7.71. The van der Waals surface area contributed by atoms with E-state index in [4.69, 9.17) is 10.5 Å². The first kappa shape index (κ1) is 14.9. The molecule has 0 radical (unpaired) electrons. The molecule has 110 valence electrons. The third kappa shape index (κ3) is 3.97. The Morgan fingerprint density at radius 1 is 1.25 bits per heavy atom. The highest BCUT2D eigenvalue weighted by atomic mass is 16.5. The molecule has 4 heteroatoms. The summed E-state index contributed by atoms with van der Waals surface area (Å²) >= 11 is 0. The number of nitrogens with two attached hydrogens (primary N) is 1. The molecule has 0 aliphatic carbocycles. The summed E-state index contributed by atoms with van der Waals surface area (Å²) in [6.07, 6.45) is 2.92. The van der Waals surface area contributed by atoms with Gasteiger partial charge in [-0.05, 0) is 44.4 Å². The average molecular weight is 276 g/mol. The number of rotatable bonds is 5. The highest BCUT2D eigenvalue weighted by Crippen LogP contribution is 2.20. The van der Waals surface area contributed by atoms with Crippen LogP contribution in [-0.4, -0.2) is 30.0 Å². The number of likely N-dealkylation sites (tertiary alicyclic amines) is 1. The molecular weight excluding hydrogens is 252 g/mol. The Bertz CT molecular complexity index is 442. The van der Waals surface area contributed by atoms with Gasteiger partial charge in [0.2, 0.25) is 5.91 Å². The van der Waals surface area contributed by atoms with Gasteiger partial charge < -0.3 is 15.4 Å². The van der Waals surface area contributed by atoms with Crippen LogP contribution in [0.1, 0.15) is 44.7 Å². The molecule has 2 N–H and O–H groups in total. The number of carbonyl (C=O) groups excluding carboxylic acids is 1. The monoisotopic (exact) mass is 276 g/mol. The third-order valence-corrected chi connectivity index (χ3v) is 3.52. The highest BCUT2D eigenvalue weighted by Gasteiger charge is 2.20. The van der Waals surface area contributed by atoms with Crippen molar-refractivity contribution in [2.24, 2.45) is 5.73 Å². The van der Waals surface area contributed by atoms with Crippen LogP contribution in [0, 0.1) is 0 Å². The first-order valence-corrected chi connectivity index (χ1v) is 7.36. The lowest BCUT2D eigenvalue weighted by Gasteiger charge is -2.29. The van der Waals surface area contributed by atoms with Gasteiger partial charge >= 0.3 is 0 Å². The van der Waals surface area contributed by atoms with Gasteiger partial charge in [-0.3, -0.25) is 4.79 Å². The molecule has 2 rings (SSSR count). The minimum Gasteiger partial charge on any atom is -0.491 e. The van der Waals surface area contributed by atoms with Crippen LogP contribution in [0.2, 0.25) is 0 Å². The Labute approximate surface area is 120 Å². The van der Waals surface area contributed by atoms with Crippen molar-refractivity contribution in [1.82, 2.24) is 4.90 Å². The van der Waals surface area contributed by atoms with E-state index < -0.39 is 0 Å². The summed E-state index contributed by atoms with van der Waals surface area (Å²) in [5.41, 5.74) is 7.25. The molecule has 4 nitrogen and oxygen atoms in total. The maximum Gasteiger partial charge on any atom is 0.222 e. The van der Waals surface area contributed by atoms with Crippen molar-refractivity contribution >= 4 is 5.91 Å². The first-order chi connectivity index (χ1) is 9.56. The fraction of sp³-hybridized carbons (Fsp3) is 0.562. The van der Waals surface area contributed by atoms with Crippen molar-refractivity contribution in [3.8, 4) is 5.75 Å². The van der Waals surface area contributed by atoms with E-state index in [0.29, 0.717) is 13.0 Å². The molecule has 1 aliphatic heterocycles. The maximum atomic E-state index is 11.8. The second-order valence-corrected chi connectivity index (χ2v) is 5.64. The molecule has 1 aromatic rings. The Hall–Kier alpha value is -1.55. The smallest absolute Gasteiger partial charge is 0.222 e. The Kier molecular flexibility index (Phi) is 5.01. The Balaban J connectivity index is 1.94. The lowest BCUT2D eigenvalue weighted by atomic mass is 10.0. The Morgan fingerprint density at radius 2 is 1.95 bits per heavy atom. The predicted molar refractivity (Wildman–Crippen MR) is 79.6 cm³/mol. The van der Waals surface area contributed by atoms with E-state index in [1.54, 1.807) is 0 Å². The number of hydrogen-bond acceptors (Lipinski definition) is 3. The van der Waals surface area contributed by atoms with Crippen molar-refractivity contribution in [2.45, 2.75) is 45.3 Å². The molecular formula is C16H24N2O2. The number of benzene rings is 1. The van der Waals surface area contributed by atoms with E-state index in [1.165, 1.54) is 0 Å². The van der Waals surface area contributed by atoms with E-state index in [2.05, 4.69) is 0 Å². The van der Waals surface area contributed by atoms with Crippen LogP contribution >= 0.6 is 0 Å². The minimum atomic E-state index is -0.134. The summed E-state index contributed by atoms with van der Waals surface area (Å²) in [4.78, 5) is 13.7. The summed E-state index contributed by atoms with van der Waals surface area (Å²) < 4.78 is 5.61. The molecule has 1 fully saturated rings. The van der Waals surface area contributed by atoms with Crippen LogP contribution in [0.5, 0.6) is 5.75 Å². The number of piperidine rings is 1. The van der Waals surface area contributed by atoms with Crippen molar-refractivity contribution in [3.05, 3.63) is 29.8 Å². The molecule has 1 heterocycles. The van der Waals surface area contributed by atoms with Gasteiger partial charge in [0.1, 0.15) is 5.75 Å². The summed E-state index contributed by atoms with van der Waals surface area (Å²) in [5.74, 6) is 1.08. The molecule has 1 aromatic carbocycles. The number of carbonyl (C=O) groups is 1. The summed E-state index contributed by atoms with van der Waals surface area (Å²) in [7, 11) is 0. The molecule has 1 unspecified atom stereocenters. The molecule has 1 atom stereocenters. The van der Waals surface area contributed by atoms with Crippen LogP contribution < -0.4 is 10.5 Å². The molecule has 0 bridgehead atoms. The van der Waals surface area contributed by atoms with E-state index in [1.807, 2.05) is 43.0 Å². The molecule has 1 saturated heterocycles. The zero-order valence-electron chi connectivity index (χ0n) is 12.3. The summed E-state index contributed by atoms with van der Waals surface area (Å²) in [5, 5.41) is 0. The fourth-order valence-corrected chi connectivity index (χ4v) is 2.46. The van der Waals surface area contributed by atoms with Crippen LogP contribution in [0.15, 0.2) is 24.3 Å². The maximum absolute atomic E-state index is 11.8. The lowest BCUT2D eigenvalue weighted by Crippen LogP contribution is -2.40. The molecule has 0 aromatic heterocycles. The topological polar surface area (TPSA) is 55.6 Å². The predicted octanol–water partition coefficient (Wildman–Crippen LogP) is 2.49. The number of ether oxygens (including phenoxy) is 1. The van der Waals surface area contributed by atoms with Crippen LogP contribution in [0.3, 0.4) is 0 Å². The number of nitrogens with zero attached hydrogens (tertiary/aromatic N) is 1. The van der Waals surface area contributed by atoms with Gasteiger partial charge in [0.15, 0.2) is 0 Å². The summed E-state index contributed by atoms with van der Waals surface area (Å²) in [6.45, 7) is 5.44. The van der Waals surface area contributed by atoms with Gasteiger partial charge in [-0.25, -0.2) is 0 Å². The van der Waals surface area contributed by atoms with E-state index in [9.17, 15) is 4.79 Å². The minimum absolute atomic E-state index is 0.134. The number of hydrogen-bond donors (Lipinski definition) is 1. The fourth-order valence-electron chi connectivity index (χ4n) is 2.46. The largest absolute Gasteiger partial charge is 0.491 e. The van der Waals surface area contributed by atoms with Crippen molar-refractivity contribution in [3.63, 3.8) is 0 Å². The third-order valence-electron chi connectivity index (χ3n) is 3.52. The lowest BCUT2D eigenvalue weighted by molar-refractivity contribution is -0.133. The Morgan fingerprint density at radius 3 is 2.55 bits per heavy atom. The second-order valence-electron chi connectivity index (χ2n) is 5.64. The van der Waals surface area contributed by atoms with Crippen molar-refractivity contribution in [1.29, 1.82) is 0 Å². The van der Waals surface area contributed by atoms with Crippen molar-refractivity contribution in [2.75, 3.05) is 13.1 Å². The van der Waals surface area contributed by atoms with Gasteiger partial charge in [0, 0.05) is 25.6 Å². The van der Waals surface area contributed by atoms with Gasteiger partial charge in [-0.1, -0.05) is 12.1 Å². The van der Waals surface area contributed by atoms with Crippen LogP contribution in [0.4, 0.5) is 0 Å². The molecule has 0 spiro atoms. The van der Waals surface area contributed by atoms with Gasteiger partial charge in [0.25, 0.3) is 0 Å². The molecule has 20 heavy (non-hydrogen) atoms. The van der Waals surface area contributed by atoms with Gasteiger partial charge in [0.05, 0.1) is 6.10 Å². The van der Waals surface area contributed by atoms with E-state index >= 15 is 0 Å². The van der Waals surface area contributed by atoms with E-state index in [-0.39, 0.29) is 18.1 Å². The second kappa shape index (κ2) is 6.75. The van der Waals surface area contributed by atoms with Crippen LogP contribution in [0.25, 0.3) is 0 Å². The average Bonchev–Trinajstić information content (AvgIpc) is 2.41. The van der Waals surface area contributed by atoms with Crippen LogP contribution in [-0.2, 0) is 4.79 Å². The zero-order chi connectivity index (χ0) is 14.5. The molecule has 0 saturated carbocycles. The van der Waals surface area contributed by atoms with Gasteiger partial charge in [-0.2, -0.15) is 0 Å². The zero-order valence-corrected chi connectivity index (χ0v) is 12.3. The number of amides is 1. The molecule has 1 amide bonds. The van der Waals surface area contributed by atoms with E-state index in [0.717, 1.165) is 30.7 Å². The standard InChI is InChI=1S/C16H24N2O2/c1-12(2)20-14-8-6-13(7-9-14)15(17)11-18-10-4-3-5-16(18)19/h6-9,12,15H,3-5,10-11,17H2,1-2H3. The molecule has 1 aliphatic rings. The first-order valence-electron chi connectivity index (χ1n) is 7.36. The SMILES string of the molecule is CC(C)Oc1ccc(C(N)CN2CCCCC2=O)cc1. The quantitative estimate of drug-likeness (QED) is 0.899. The highest BCUT2D eigenvalue weighted by molar-refractivity contribution is 5.76.